The van der Waals surface area contributed by atoms with Crippen molar-refractivity contribution in [3.8, 4) is 0 Å². The second-order valence-electron chi connectivity index (χ2n) is 12.5. The van der Waals surface area contributed by atoms with Gasteiger partial charge in [0.25, 0.3) is 0 Å². The van der Waals surface area contributed by atoms with Gasteiger partial charge in [-0.1, -0.05) is 214 Å². The molecule has 0 saturated heterocycles. The van der Waals surface area contributed by atoms with Gasteiger partial charge in [-0.05, 0) is 12.8 Å². The molecular formula is C38H78O2. The van der Waals surface area contributed by atoms with Crippen molar-refractivity contribution in [3.05, 3.63) is 0 Å². The smallest absolute Gasteiger partial charge is 0.305 e. The fourth-order valence-electron chi connectivity index (χ4n) is 5.34. The van der Waals surface area contributed by atoms with Gasteiger partial charge in [-0.25, -0.2) is 0 Å². The van der Waals surface area contributed by atoms with Gasteiger partial charge in [0.05, 0.1) is 6.61 Å². The molecule has 242 valence electrons. The van der Waals surface area contributed by atoms with Crippen LogP contribution in [0.5, 0.6) is 0 Å². The van der Waals surface area contributed by atoms with E-state index in [1.807, 2.05) is 0 Å². The van der Waals surface area contributed by atoms with Gasteiger partial charge in [-0.15, -0.1) is 0 Å². The minimum absolute atomic E-state index is 0.0237. The van der Waals surface area contributed by atoms with E-state index in [1.165, 1.54) is 186 Å². The number of carbonyl (C=O) groups is 1. The first-order valence-electron chi connectivity index (χ1n) is 18.9. The van der Waals surface area contributed by atoms with Gasteiger partial charge in [-0.2, -0.15) is 0 Å². The van der Waals surface area contributed by atoms with Gasteiger partial charge in [-0.3, -0.25) is 4.79 Å². The van der Waals surface area contributed by atoms with Crippen LogP contribution in [0.25, 0.3) is 0 Å². The van der Waals surface area contributed by atoms with E-state index in [0.29, 0.717) is 13.0 Å². The lowest BCUT2D eigenvalue weighted by Crippen LogP contribution is -2.05. The third-order valence-electron chi connectivity index (χ3n) is 8.20. The molecule has 0 aliphatic heterocycles. The lowest BCUT2D eigenvalue weighted by atomic mass is 10.0. The molecule has 0 N–H and O–H groups in total. The maximum absolute atomic E-state index is 11.8. The summed E-state index contributed by atoms with van der Waals surface area (Å²) in [6.07, 6.45) is 42.7. The highest BCUT2D eigenvalue weighted by molar-refractivity contribution is 5.69. The van der Waals surface area contributed by atoms with Gasteiger partial charge in [0.1, 0.15) is 0 Å². The summed E-state index contributed by atoms with van der Waals surface area (Å²) >= 11 is 0. The quantitative estimate of drug-likeness (QED) is 0.0598. The van der Waals surface area contributed by atoms with Crippen molar-refractivity contribution >= 4 is 5.97 Å². The second kappa shape index (κ2) is 40.6. The van der Waals surface area contributed by atoms with Crippen LogP contribution in [-0.4, -0.2) is 12.6 Å². The van der Waals surface area contributed by atoms with Crippen LogP contribution in [0.1, 0.15) is 233 Å². The normalized spacial score (nSPS) is 10.9. The number of carbonyl (C=O) groups excluding carboxylic acids is 1. The van der Waals surface area contributed by atoms with E-state index in [2.05, 4.69) is 27.7 Å². The molecule has 0 aromatic carbocycles. The maximum atomic E-state index is 11.8. The molecule has 0 saturated carbocycles. The molecule has 0 aromatic heterocycles. The molecule has 0 radical (unpaired) electrons. The number of unbranched alkanes of at least 4 members (excludes halogenated alkanes) is 28. The largest absolute Gasteiger partial charge is 0.466 e. The Hall–Kier alpha value is -0.530. The summed E-state index contributed by atoms with van der Waals surface area (Å²) in [6, 6.07) is 0. The van der Waals surface area contributed by atoms with Crippen LogP contribution in [0.15, 0.2) is 0 Å². The second-order valence-corrected chi connectivity index (χ2v) is 12.5. The maximum Gasteiger partial charge on any atom is 0.305 e. The van der Waals surface area contributed by atoms with Crippen molar-refractivity contribution < 1.29 is 9.53 Å². The number of hydrogen-bond donors (Lipinski definition) is 0. The van der Waals surface area contributed by atoms with Crippen LogP contribution in [0, 0.1) is 0 Å². The third kappa shape index (κ3) is 41.9. The van der Waals surface area contributed by atoms with Gasteiger partial charge < -0.3 is 4.74 Å². The summed E-state index contributed by atoms with van der Waals surface area (Å²) in [5, 5.41) is 0. The standard InChI is InChI=1S/C30H60O2.C8H18/c1-3-5-7-9-11-13-15-16-17-18-19-20-22-24-26-28-30(31)32-29-27-25-23-21-14-12-10-8-6-4-2;1-3-5-7-8-6-4-2/h3-29H2,1-2H3;3-8H2,1-2H3. The van der Waals surface area contributed by atoms with Crippen LogP contribution < -0.4 is 0 Å². The lowest BCUT2D eigenvalue weighted by Gasteiger charge is -2.06. The highest BCUT2D eigenvalue weighted by atomic mass is 16.5. The van der Waals surface area contributed by atoms with E-state index in [0.717, 1.165) is 12.8 Å². The number of esters is 1. The van der Waals surface area contributed by atoms with Crippen molar-refractivity contribution in [2.24, 2.45) is 0 Å². The van der Waals surface area contributed by atoms with Crippen LogP contribution in [0.4, 0.5) is 0 Å². The van der Waals surface area contributed by atoms with E-state index >= 15 is 0 Å². The molecule has 0 aliphatic carbocycles. The predicted octanol–water partition coefficient (Wildman–Crippen LogP) is 14.1. The van der Waals surface area contributed by atoms with Crippen LogP contribution in [-0.2, 0) is 9.53 Å². The number of ether oxygens (including phenoxy) is 1. The zero-order valence-electron chi connectivity index (χ0n) is 28.7. The molecule has 0 fully saturated rings. The molecule has 40 heavy (non-hydrogen) atoms. The summed E-state index contributed by atoms with van der Waals surface area (Å²) in [7, 11) is 0. The minimum Gasteiger partial charge on any atom is -0.466 e. The lowest BCUT2D eigenvalue weighted by molar-refractivity contribution is -0.143. The Bertz CT molecular complexity index is 427. The Labute approximate surface area is 255 Å². The molecule has 2 heteroatoms. The van der Waals surface area contributed by atoms with Crippen LogP contribution >= 0.6 is 0 Å². The fourth-order valence-corrected chi connectivity index (χ4v) is 5.34. The third-order valence-corrected chi connectivity index (χ3v) is 8.20. The Morgan fingerprint density at radius 1 is 0.325 bits per heavy atom. The number of rotatable bonds is 32. The molecule has 0 atom stereocenters. The van der Waals surface area contributed by atoms with Crippen LogP contribution in [0.2, 0.25) is 0 Å². The molecule has 0 aliphatic rings. The van der Waals surface area contributed by atoms with Gasteiger partial charge >= 0.3 is 5.97 Å². The highest BCUT2D eigenvalue weighted by Gasteiger charge is 2.02. The molecule has 0 bridgehead atoms. The average molecular weight is 567 g/mol. The molecule has 0 unspecified atom stereocenters. The summed E-state index contributed by atoms with van der Waals surface area (Å²) in [4.78, 5) is 11.8. The Kier molecular flexibility index (Phi) is 42.2. The Morgan fingerprint density at radius 3 is 0.825 bits per heavy atom. The van der Waals surface area contributed by atoms with Crippen molar-refractivity contribution in [1.82, 2.24) is 0 Å². The van der Waals surface area contributed by atoms with E-state index in [9.17, 15) is 4.79 Å². The van der Waals surface area contributed by atoms with Crippen molar-refractivity contribution in [1.29, 1.82) is 0 Å². The predicted molar refractivity (Wildman–Crippen MR) is 181 cm³/mol. The molecule has 0 rings (SSSR count). The van der Waals surface area contributed by atoms with Crippen molar-refractivity contribution in [3.63, 3.8) is 0 Å². The molecule has 0 aromatic rings. The molecule has 2 nitrogen and oxygen atoms in total. The highest BCUT2D eigenvalue weighted by Crippen LogP contribution is 2.14. The topological polar surface area (TPSA) is 26.3 Å². The monoisotopic (exact) mass is 567 g/mol. The molecule has 0 amide bonds. The number of hydrogen-bond acceptors (Lipinski definition) is 2. The molecule has 0 heterocycles. The molecular weight excluding hydrogens is 488 g/mol. The Balaban J connectivity index is 0. The summed E-state index contributed by atoms with van der Waals surface area (Å²) in [6.45, 7) is 9.70. The summed E-state index contributed by atoms with van der Waals surface area (Å²) < 4.78 is 5.39. The SMILES string of the molecule is CCCCCCCC.CCCCCCCCCCCCCCCCCC(=O)OCCCCCCCCCCCC. The first-order valence-corrected chi connectivity index (χ1v) is 18.9. The molecule has 0 spiro atoms. The van der Waals surface area contributed by atoms with Crippen LogP contribution in [0.3, 0.4) is 0 Å². The van der Waals surface area contributed by atoms with Gasteiger partial charge in [0, 0.05) is 6.42 Å². The van der Waals surface area contributed by atoms with E-state index < -0.39 is 0 Å². The van der Waals surface area contributed by atoms with E-state index in [-0.39, 0.29) is 5.97 Å². The Morgan fingerprint density at radius 2 is 0.550 bits per heavy atom. The fraction of sp³-hybridized carbons (Fsp3) is 0.974. The van der Waals surface area contributed by atoms with E-state index in [4.69, 9.17) is 4.74 Å². The van der Waals surface area contributed by atoms with Crippen molar-refractivity contribution in [2.75, 3.05) is 6.61 Å². The van der Waals surface area contributed by atoms with E-state index in [1.54, 1.807) is 0 Å². The summed E-state index contributed by atoms with van der Waals surface area (Å²) in [5.74, 6) is 0.0237. The minimum atomic E-state index is 0.0237. The van der Waals surface area contributed by atoms with Gasteiger partial charge in [0.2, 0.25) is 0 Å². The zero-order chi connectivity index (χ0) is 29.6. The average Bonchev–Trinajstić information content (AvgIpc) is 2.96. The first-order chi connectivity index (χ1) is 19.7. The zero-order valence-corrected chi connectivity index (χ0v) is 28.7. The first kappa shape index (κ1) is 41.6. The summed E-state index contributed by atoms with van der Waals surface area (Å²) in [5.41, 5.74) is 0. The van der Waals surface area contributed by atoms with Crippen molar-refractivity contribution in [2.45, 2.75) is 233 Å². The van der Waals surface area contributed by atoms with Gasteiger partial charge in [0.15, 0.2) is 0 Å².